The van der Waals surface area contributed by atoms with Gasteiger partial charge in [-0.25, -0.2) is 0 Å². The summed E-state index contributed by atoms with van der Waals surface area (Å²) in [7, 11) is 0. The number of hydrogen-bond acceptors (Lipinski definition) is 3. The van der Waals surface area contributed by atoms with E-state index in [9.17, 15) is 9.90 Å². The zero-order chi connectivity index (χ0) is 18.2. The van der Waals surface area contributed by atoms with Crippen LogP contribution >= 0.6 is 0 Å². The van der Waals surface area contributed by atoms with Gasteiger partial charge in [-0.15, -0.1) is 0 Å². The zero-order valence-electron chi connectivity index (χ0n) is 15.2. The molecule has 2 aromatic rings. The second-order valence-electron chi connectivity index (χ2n) is 6.41. The molecular weight excluding hydrogens is 314 g/mol. The second-order valence-corrected chi connectivity index (χ2v) is 6.41. The molecule has 0 aliphatic carbocycles. The van der Waals surface area contributed by atoms with Crippen LogP contribution < -0.4 is 5.32 Å². The van der Waals surface area contributed by atoms with Crippen molar-refractivity contribution in [3.8, 4) is 11.1 Å². The van der Waals surface area contributed by atoms with E-state index in [4.69, 9.17) is 4.74 Å². The summed E-state index contributed by atoms with van der Waals surface area (Å²) in [6.07, 6.45) is 0.490. The molecule has 0 heterocycles. The van der Waals surface area contributed by atoms with E-state index in [0.717, 1.165) is 23.1 Å². The number of ether oxygens (including phenoxy) is 1. The summed E-state index contributed by atoms with van der Waals surface area (Å²) in [6.45, 7) is 6.97. The van der Waals surface area contributed by atoms with Gasteiger partial charge >= 0.3 is 0 Å². The molecule has 0 spiro atoms. The summed E-state index contributed by atoms with van der Waals surface area (Å²) in [5.41, 5.74) is 3.43. The maximum atomic E-state index is 12.3. The van der Waals surface area contributed by atoms with Crippen molar-refractivity contribution in [1.82, 2.24) is 5.32 Å². The highest BCUT2D eigenvalue weighted by Gasteiger charge is 2.08. The first kappa shape index (κ1) is 19.2. The molecule has 0 aliphatic heterocycles. The maximum absolute atomic E-state index is 12.3. The van der Waals surface area contributed by atoms with Crippen molar-refractivity contribution in [3.05, 3.63) is 59.7 Å². The summed E-state index contributed by atoms with van der Waals surface area (Å²) in [4.78, 5) is 12.3. The third-order valence-electron chi connectivity index (χ3n) is 3.88. The first-order valence-corrected chi connectivity index (χ1v) is 8.75. The van der Waals surface area contributed by atoms with Crippen molar-refractivity contribution in [1.29, 1.82) is 0 Å². The first-order chi connectivity index (χ1) is 12.0. The molecule has 0 saturated carbocycles. The molecule has 25 heavy (non-hydrogen) atoms. The van der Waals surface area contributed by atoms with E-state index in [1.165, 1.54) is 0 Å². The van der Waals surface area contributed by atoms with Crippen molar-refractivity contribution in [2.75, 3.05) is 13.2 Å². The number of hydrogen-bond donors (Lipinski definition) is 2. The zero-order valence-corrected chi connectivity index (χ0v) is 15.2. The summed E-state index contributed by atoms with van der Waals surface area (Å²) < 4.78 is 5.47. The summed E-state index contributed by atoms with van der Waals surface area (Å²) in [5, 5.41) is 12.7. The summed E-state index contributed by atoms with van der Waals surface area (Å²) in [5.74, 6) is -0.0851. The predicted octanol–water partition coefficient (Wildman–Crippen LogP) is 3.95. The van der Waals surface area contributed by atoms with Gasteiger partial charge in [-0.2, -0.15) is 0 Å². The molecule has 0 aromatic heterocycles. The fourth-order valence-corrected chi connectivity index (χ4v) is 2.51. The van der Waals surface area contributed by atoms with E-state index in [1.54, 1.807) is 6.92 Å². The highest BCUT2D eigenvalue weighted by atomic mass is 16.5. The molecule has 2 rings (SSSR count). The third kappa shape index (κ3) is 6.00. The monoisotopic (exact) mass is 341 g/mol. The molecule has 2 N–H and O–H groups in total. The molecule has 0 aliphatic rings. The number of carbonyl (C=O) groups excluding carboxylic acids is 1. The van der Waals surface area contributed by atoms with Crippen LogP contribution in [0.5, 0.6) is 0 Å². The molecule has 1 unspecified atom stereocenters. The van der Waals surface area contributed by atoms with Gasteiger partial charge in [0.05, 0.1) is 12.2 Å². The number of carbonyl (C=O) groups is 1. The van der Waals surface area contributed by atoms with Crippen molar-refractivity contribution >= 4 is 5.91 Å². The molecule has 0 fully saturated rings. The number of aliphatic hydroxyl groups excluding tert-OH is 1. The lowest BCUT2D eigenvalue weighted by Crippen LogP contribution is -2.25. The lowest BCUT2D eigenvalue weighted by molar-refractivity contribution is 0.0757. The van der Waals surface area contributed by atoms with Crippen LogP contribution in [0.1, 0.15) is 49.2 Å². The van der Waals surface area contributed by atoms with E-state index >= 15 is 0 Å². The van der Waals surface area contributed by atoms with Gasteiger partial charge in [0.15, 0.2) is 0 Å². The maximum Gasteiger partial charge on any atom is 0.251 e. The molecule has 2 aromatic carbocycles. The number of nitrogens with one attached hydrogen (secondary N) is 1. The van der Waals surface area contributed by atoms with E-state index in [0.29, 0.717) is 18.7 Å². The van der Waals surface area contributed by atoms with E-state index in [2.05, 4.69) is 5.32 Å². The lowest BCUT2D eigenvalue weighted by atomic mass is 9.99. The molecule has 1 atom stereocenters. The largest absolute Gasteiger partial charge is 0.389 e. The third-order valence-corrected chi connectivity index (χ3v) is 3.88. The van der Waals surface area contributed by atoms with Crippen LogP contribution in [-0.2, 0) is 4.74 Å². The average molecular weight is 341 g/mol. The minimum absolute atomic E-state index is 0.0851. The van der Waals surface area contributed by atoms with Crippen molar-refractivity contribution < 1.29 is 14.6 Å². The molecule has 4 heteroatoms. The number of rotatable bonds is 8. The van der Waals surface area contributed by atoms with Gasteiger partial charge in [0, 0.05) is 18.7 Å². The lowest BCUT2D eigenvalue weighted by Gasteiger charge is -2.10. The quantitative estimate of drug-likeness (QED) is 0.715. The highest BCUT2D eigenvalue weighted by molar-refractivity contribution is 5.95. The van der Waals surface area contributed by atoms with Crippen molar-refractivity contribution in [3.63, 3.8) is 0 Å². The molecule has 134 valence electrons. The van der Waals surface area contributed by atoms with Gasteiger partial charge < -0.3 is 15.2 Å². The Hall–Kier alpha value is -2.17. The average Bonchev–Trinajstić information content (AvgIpc) is 2.61. The van der Waals surface area contributed by atoms with Crippen LogP contribution in [-0.4, -0.2) is 30.3 Å². The Bertz CT molecular complexity index is 695. The summed E-state index contributed by atoms with van der Waals surface area (Å²) >= 11 is 0. The van der Waals surface area contributed by atoms with Crippen LogP contribution in [0.25, 0.3) is 11.1 Å². The number of amides is 1. The highest BCUT2D eigenvalue weighted by Crippen LogP contribution is 2.24. The minimum atomic E-state index is -0.514. The van der Waals surface area contributed by atoms with Crippen LogP contribution in [0.2, 0.25) is 0 Å². The van der Waals surface area contributed by atoms with Gasteiger partial charge in [0.1, 0.15) is 0 Å². The minimum Gasteiger partial charge on any atom is -0.389 e. The van der Waals surface area contributed by atoms with Crippen LogP contribution in [0.4, 0.5) is 0 Å². The Labute approximate surface area is 149 Å². The van der Waals surface area contributed by atoms with E-state index in [1.807, 2.05) is 62.4 Å². The Kier molecular flexibility index (Phi) is 7.16. The molecule has 4 nitrogen and oxygen atoms in total. The van der Waals surface area contributed by atoms with Crippen molar-refractivity contribution in [2.45, 2.75) is 39.4 Å². The molecule has 1 amide bonds. The smallest absolute Gasteiger partial charge is 0.251 e. The van der Waals surface area contributed by atoms with Gasteiger partial charge in [0.2, 0.25) is 0 Å². The normalized spacial score (nSPS) is 12.2. The Balaban J connectivity index is 2.01. The Morgan fingerprint density at radius 3 is 2.44 bits per heavy atom. The molecular formula is C21H27NO3. The van der Waals surface area contributed by atoms with E-state index < -0.39 is 6.10 Å². The second kappa shape index (κ2) is 9.35. The SMILES string of the molecule is CC(C)OCCCNC(=O)c1cccc(-c2cccc(C(C)O)c2)c1. The molecule has 0 bridgehead atoms. The fourth-order valence-electron chi connectivity index (χ4n) is 2.51. The topological polar surface area (TPSA) is 58.6 Å². The van der Waals surface area contributed by atoms with Crippen LogP contribution in [0.15, 0.2) is 48.5 Å². The van der Waals surface area contributed by atoms with Gasteiger partial charge in [-0.3, -0.25) is 4.79 Å². The first-order valence-electron chi connectivity index (χ1n) is 8.75. The predicted molar refractivity (Wildman–Crippen MR) is 101 cm³/mol. The molecule has 0 radical (unpaired) electrons. The number of benzene rings is 2. The number of aliphatic hydroxyl groups is 1. The fraction of sp³-hybridized carbons (Fsp3) is 0.381. The molecule has 0 saturated heterocycles. The standard InChI is InChI=1S/C21H27NO3/c1-15(2)25-12-6-11-22-21(24)20-10-5-9-19(14-20)18-8-4-7-17(13-18)16(3)23/h4-5,7-10,13-16,23H,6,11-12H2,1-3H3,(H,22,24). The van der Waals surface area contributed by atoms with Crippen molar-refractivity contribution in [2.24, 2.45) is 0 Å². The Morgan fingerprint density at radius 2 is 1.76 bits per heavy atom. The van der Waals surface area contributed by atoms with E-state index in [-0.39, 0.29) is 12.0 Å². The van der Waals surface area contributed by atoms with Gasteiger partial charge in [0.25, 0.3) is 5.91 Å². The van der Waals surface area contributed by atoms with Gasteiger partial charge in [-0.05, 0) is 62.1 Å². The van der Waals surface area contributed by atoms with Crippen LogP contribution in [0, 0.1) is 0 Å². The van der Waals surface area contributed by atoms with Crippen LogP contribution in [0.3, 0.4) is 0 Å². The Morgan fingerprint density at radius 1 is 1.08 bits per heavy atom. The van der Waals surface area contributed by atoms with Gasteiger partial charge in [-0.1, -0.05) is 30.3 Å². The summed E-state index contributed by atoms with van der Waals surface area (Å²) in [6, 6.07) is 15.3.